The highest BCUT2D eigenvalue weighted by Crippen LogP contribution is 2.12. The van der Waals surface area contributed by atoms with Crippen molar-refractivity contribution in [1.82, 2.24) is 4.90 Å². The summed E-state index contributed by atoms with van der Waals surface area (Å²) in [5, 5.41) is 3.16. The lowest BCUT2D eigenvalue weighted by molar-refractivity contribution is 0.425. The first-order valence-electron chi connectivity index (χ1n) is 4.74. The Kier molecular flexibility index (Phi) is 3.89. The van der Waals surface area contributed by atoms with E-state index < -0.39 is 0 Å². The molecule has 0 spiro atoms. The van der Waals surface area contributed by atoms with Gasteiger partial charge in [-0.25, -0.2) is 4.39 Å². The molecule has 0 amide bonds. The van der Waals surface area contributed by atoms with Crippen LogP contribution in [0.5, 0.6) is 0 Å². The van der Waals surface area contributed by atoms with Crippen LogP contribution < -0.4 is 5.32 Å². The van der Waals surface area contributed by atoms with Crippen molar-refractivity contribution in [2.45, 2.75) is 6.92 Å². The van der Waals surface area contributed by atoms with Crippen LogP contribution in [0.25, 0.3) is 0 Å². The van der Waals surface area contributed by atoms with Gasteiger partial charge in [0, 0.05) is 18.8 Å². The summed E-state index contributed by atoms with van der Waals surface area (Å²) >= 11 is 0. The van der Waals surface area contributed by atoms with Gasteiger partial charge < -0.3 is 10.2 Å². The molecule has 0 aliphatic rings. The zero-order valence-electron chi connectivity index (χ0n) is 8.97. The van der Waals surface area contributed by atoms with Crippen LogP contribution in [0, 0.1) is 12.7 Å². The molecule has 0 atom stereocenters. The van der Waals surface area contributed by atoms with Gasteiger partial charge in [0.25, 0.3) is 0 Å². The van der Waals surface area contributed by atoms with Crippen molar-refractivity contribution in [3.63, 3.8) is 0 Å². The normalized spacial score (nSPS) is 10.6. The predicted molar refractivity (Wildman–Crippen MR) is 58.2 cm³/mol. The van der Waals surface area contributed by atoms with Crippen LogP contribution in [0.1, 0.15) is 5.56 Å². The summed E-state index contributed by atoms with van der Waals surface area (Å²) in [6.45, 7) is 3.53. The molecule has 3 heteroatoms. The average Bonchev–Trinajstić information content (AvgIpc) is 2.10. The van der Waals surface area contributed by atoms with Crippen LogP contribution >= 0.6 is 0 Å². The van der Waals surface area contributed by atoms with Gasteiger partial charge in [-0.3, -0.25) is 0 Å². The van der Waals surface area contributed by atoms with E-state index in [1.54, 1.807) is 13.0 Å². The van der Waals surface area contributed by atoms with Crippen molar-refractivity contribution in [2.75, 3.05) is 32.5 Å². The Morgan fingerprint density at radius 1 is 1.36 bits per heavy atom. The van der Waals surface area contributed by atoms with E-state index in [2.05, 4.69) is 10.2 Å². The third-order valence-electron chi connectivity index (χ3n) is 2.06. The summed E-state index contributed by atoms with van der Waals surface area (Å²) in [7, 11) is 4.02. The fourth-order valence-electron chi connectivity index (χ4n) is 1.13. The molecule has 0 saturated carbocycles. The van der Waals surface area contributed by atoms with Gasteiger partial charge in [0.05, 0.1) is 0 Å². The lowest BCUT2D eigenvalue weighted by atomic mass is 10.2. The Hall–Kier alpha value is -1.09. The summed E-state index contributed by atoms with van der Waals surface area (Å²) < 4.78 is 13.1. The Balaban J connectivity index is 2.47. The van der Waals surface area contributed by atoms with Gasteiger partial charge in [0.2, 0.25) is 0 Å². The van der Waals surface area contributed by atoms with Crippen LogP contribution in [0.4, 0.5) is 10.1 Å². The summed E-state index contributed by atoms with van der Waals surface area (Å²) in [5.74, 6) is -0.153. The van der Waals surface area contributed by atoms with E-state index >= 15 is 0 Å². The Morgan fingerprint density at radius 2 is 2.07 bits per heavy atom. The van der Waals surface area contributed by atoms with Crippen LogP contribution in [0.15, 0.2) is 18.2 Å². The number of aryl methyl sites for hydroxylation is 1. The molecule has 0 heterocycles. The second-order valence-corrected chi connectivity index (χ2v) is 3.69. The minimum atomic E-state index is -0.153. The highest BCUT2D eigenvalue weighted by Gasteiger charge is 1.98. The maximum atomic E-state index is 13.1. The molecular formula is C11H17FN2. The third-order valence-corrected chi connectivity index (χ3v) is 2.06. The molecule has 0 aromatic heterocycles. The zero-order chi connectivity index (χ0) is 10.6. The molecule has 0 fully saturated rings. The number of hydrogen-bond donors (Lipinski definition) is 1. The molecule has 0 bridgehead atoms. The molecular weight excluding hydrogens is 179 g/mol. The zero-order valence-corrected chi connectivity index (χ0v) is 8.97. The Bertz CT molecular complexity index is 297. The molecule has 0 unspecified atom stereocenters. The molecule has 0 saturated heterocycles. The van der Waals surface area contributed by atoms with Gasteiger partial charge in [0.15, 0.2) is 0 Å². The largest absolute Gasteiger partial charge is 0.384 e. The number of nitrogens with one attached hydrogen (secondary N) is 1. The van der Waals surface area contributed by atoms with Crippen molar-refractivity contribution < 1.29 is 4.39 Å². The summed E-state index contributed by atoms with van der Waals surface area (Å²) in [4.78, 5) is 2.08. The van der Waals surface area contributed by atoms with Crippen molar-refractivity contribution >= 4 is 5.69 Å². The SMILES string of the molecule is Cc1ccc(NCCN(C)C)cc1F. The first kappa shape index (κ1) is 11.0. The van der Waals surface area contributed by atoms with Crippen molar-refractivity contribution in [3.05, 3.63) is 29.6 Å². The van der Waals surface area contributed by atoms with Gasteiger partial charge in [-0.15, -0.1) is 0 Å². The fourth-order valence-corrected chi connectivity index (χ4v) is 1.13. The molecule has 1 N–H and O–H groups in total. The smallest absolute Gasteiger partial charge is 0.128 e. The van der Waals surface area contributed by atoms with E-state index in [0.29, 0.717) is 5.56 Å². The van der Waals surface area contributed by atoms with Crippen molar-refractivity contribution in [3.8, 4) is 0 Å². The lowest BCUT2D eigenvalue weighted by Crippen LogP contribution is -2.20. The molecule has 78 valence electrons. The first-order valence-corrected chi connectivity index (χ1v) is 4.74. The summed E-state index contributed by atoms with van der Waals surface area (Å²) in [6.07, 6.45) is 0. The molecule has 14 heavy (non-hydrogen) atoms. The maximum Gasteiger partial charge on any atom is 0.128 e. The second kappa shape index (κ2) is 4.96. The summed E-state index contributed by atoms with van der Waals surface area (Å²) in [6, 6.07) is 5.21. The quantitative estimate of drug-likeness (QED) is 0.793. The minimum absolute atomic E-state index is 0.153. The molecule has 0 radical (unpaired) electrons. The van der Waals surface area contributed by atoms with Gasteiger partial charge in [0.1, 0.15) is 5.82 Å². The standard InChI is InChI=1S/C11H17FN2/c1-9-4-5-10(8-11(9)12)13-6-7-14(2)3/h4-5,8,13H,6-7H2,1-3H3. The lowest BCUT2D eigenvalue weighted by Gasteiger charge is -2.11. The van der Waals surface area contributed by atoms with Crippen LogP contribution in [0.2, 0.25) is 0 Å². The fraction of sp³-hybridized carbons (Fsp3) is 0.455. The van der Waals surface area contributed by atoms with Gasteiger partial charge in [-0.2, -0.15) is 0 Å². The van der Waals surface area contributed by atoms with E-state index in [4.69, 9.17) is 0 Å². The van der Waals surface area contributed by atoms with Crippen molar-refractivity contribution in [1.29, 1.82) is 0 Å². The minimum Gasteiger partial charge on any atom is -0.384 e. The Morgan fingerprint density at radius 3 is 2.64 bits per heavy atom. The maximum absolute atomic E-state index is 13.1. The average molecular weight is 196 g/mol. The van der Waals surface area contributed by atoms with Crippen molar-refractivity contribution in [2.24, 2.45) is 0 Å². The van der Waals surface area contributed by atoms with E-state index in [0.717, 1.165) is 18.8 Å². The highest BCUT2D eigenvalue weighted by molar-refractivity contribution is 5.45. The topological polar surface area (TPSA) is 15.3 Å². The van der Waals surface area contributed by atoms with Crippen LogP contribution in [-0.2, 0) is 0 Å². The molecule has 1 aromatic carbocycles. The molecule has 0 aliphatic heterocycles. The van der Waals surface area contributed by atoms with Crippen LogP contribution in [-0.4, -0.2) is 32.1 Å². The Labute approximate surface area is 84.7 Å². The molecule has 2 nitrogen and oxygen atoms in total. The molecule has 1 aromatic rings. The monoisotopic (exact) mass is 196 g/mol. The van der Waals surface area contributed by atoms with Gasteiger partial charge >= 0.3 is 0 Å². The molecule has 0 aliphatic carbocycles. The van der Waals surface area contributed by atoms with Gasteiger partial charge in [-0.1, -0.05) is 6.07 Å². The number of anilines is 1. The molecule has 1 rings (SSSR count). The predicted octanol–water partition coefficient (Wildman–Crippen LogP) is 2.11. The first-order chi connectivity index (χ1) is 6.59. The van der Waals surface area contributed by atoms with E-state index in [1.807, 2.05) is 20.2 Å². The third kappa shape index (κ3) is 3.34. The second-order valence-electron chi connectivity index (χ2n) is 3.69. The number of hydrogen-bond acceptors (Lipinski definition) is 2. The van der Waals surface area contributed by atoms with E-state index in [1.165, 1.54) is 6.07 Å². The number of halogens is 1. The van der Waals surface area contributed by atoms with Gasteiger partial charge in [-0.05, 0) is 38.7 Å². The number of likely N-dealkylation sites (N-methyl/N-ethyl adjacent to an activating group) is 1. The number of nitrogens with zero attached hydrogens (tertiary/aromatic N) is 1. The van der Waals surface area contributed by atoms with E-state index in [-0.39, 0.29) is 5.82 Å². The number of rotatable bonds is 4. The highest BCUT2D eigenvalue weighted by atomic mass is 19.1. The number of benzene rings is 1. The van der Waals surface area contributed by atoms with E-state index in [9.17, 15) is 4.39 Å². The van der Waals surface area contributed by atoms with Crippen LogP contribution in [0.3, 0.4) is 0 Å². The summed E-state index contributed by atoms with van der Waals surface area (Å²) in [5.41, 5.74) is 1.53.